The predicted molar refractivity (Wildman–Crippen MR) is 145 cm³/mol. The zero-order chi connectivity index (χ0) is 24.6. The zero-order valence-electron chi connectivity index (χ0n) is 19.4. The van der Waals surface area contributed by atoms with Crippen LogP contribution in [0.5, 0.6) is 0 Å². The number of halogens is 2. The zero-order valence-corrected chi connectivity index (χ0v) is 20.9. The molecule has 0 spiro atoms. The lowest BCUT2D eigenvalue weighted by Gasteiger charge is -2.14. The standard InChI is InChI=1S/C29H22Cl2N4O/c30-23-13-9-20(10-14-23)25-17-32-35-28(26(25)21-11-15-24(31)16-12-21)34-33-27(29(35)36)22-7-5-19(6-8-22)18-3-1-2-4-18/h5-18H,1-4H2. The molecule has 5 nitrogen and oxygen atoms in total. The largest absolute Gasteiger partial charge is 0.301 e. The fourth-order valence-corrected chi connectivity index (χ4v) is 5.30. The van der Waals surface area contributed by atoms with E-state index < -0.39 is 0 Å². The van der Waals surface area contributed by atoms with E-state index in [9.17, 15) is 4.79 Å². The number of aromatic nitrogens is 4. The maximum absolute atomic E-state index is 13.6. The molecule has 0 unspecified atom stereocenters. The maximum atomic E-state index is 13.6. The molecule has 2 heterocycles. The van der Waals surface area contributed by atoms with Gasteiger partial charge in [-0.05, 0) is 59.7 Å². The van der Waals surface area contributed by atoms with Crippen molar-refractivity contribution >= 4 is 28.8 Å². The van der Waals surface area contributed by atoms with Crippen molar-refractivity contribution in [2.24, 2.45) is 0 Å². The Morgan fingerprint density at radius 1 is 0.722 bits per heavy atom. The van der Waals surface area contributed by atoms with Crippen molar-refractivity contribution in [3.63, 3.8) is 0 Å². The molecular weight excluding hydrogens is 491 g/mol. The molecule has 1 aliphatic carbocycles. The van der Waals surface area contributed by atoms with Crippen molar-refractivity contribution in [3.05, 3.63) is 105 Å². The van der Waals surface area contributed by atoms with E-state index in [1.807, 2.05) is 60.7 Å². The van der Waals surface area contributed by atoms with Gasteiger partial charge in [-0.1, -0.05) is 84.6 Å². The molecule has 5 aromatic rings. The van der Waals surface area contributed by atoms with Crippen LogP contribution in [-0.4, -0.2) is 19.8 Å². The average Bonchev–Trinajstić information content (AvgIpc) is 3.45. The Morgan fingerprint density at radius 2 is 1.31 bits per heavy atom. The molecule has 0 radical (unpaired) electrons. The molecule has 0 amide bonds. The van der Waals surface area contributed by atoms with Crippen LogP contribution in [0.25, 0.3) is 39.2 Å². The molecule has 7 heteroatoms. The van der Waals surface area contributed by atoms with E-state index in [2.05, 4.69) is 27.4 Å². The summed E-state index contributed by atoms with van der Waals surface area (Å²) in [6.45, 7) is 0. The van der Waals surface area contributed by atoms with Crippen molar-refractivity contribution in [3.8, 4) is 33.5 Å². The molecule has 0 N–H and O–H groups in total. The van der Waals surface area contributed by atoms with Gasteiger partial charge in [0.05, 0.1) is 6.20 Å². The van der Waals surface area contributed by atoms with Gasteiger partial charge in [-0.2, -0.15) is 9.61 Å². The van der Waals surface area contributed by atoms with E-state index in [4.69, 9.17) is 23.2 Å². The van der Waals surface area contributed by atoms with Gasteiger partial charge < -0.3 is 0 Å². The summed E-state index contributed by atoms with van der Waals surface area (Å²) in [4.78, 5) is 13.6. The summed E-state index contributed by atoms with van der Waals surface area (Å²) >= 11 is 12.3. The van der Waals surface area contributed by atoms with Crippen LogP contribution in [0.1, 0.15) is 37.2 Å². The highest BCUT2D eigenvalue weighted by atomic mass is 35.5. The van der Waals surface area contributed by atoms with Crippen LogP contribution < -0.4 is 5.56 Å². The minimum absolute atomic E-state index is 0.277. The van der Waals surface area contributed by atoms with Crippen molar-refractivity contribution in [1.82, 2.24) is 19.8 Å². The summed E-state index contributed by atoms with van der Waals surface area (Å²) < 4.78 is 1.33. The van der Waals surface area contributed by atoms with Crippen LogP contribution in [-0.2, 0) is 0 Å². The van der Waals surface area contributed by atoms with Crippen molar-refractivity contribution in [1.29, 1.82) is 0 Å². The van der Waals surface area contributed by atoms with Crippen molar-refractivity contribution in [2.75, 3.05) is 0 Å². The first-order valence-corrected chi connectivity index (χ1v) is 12.7. The third-order valence-electron chi connectivity index (χ3n) is 6.93. The molecule has 36 heavy (non-hydrogen) atoms. The Bertz CT molecular complexity index is 1610. The fraction of sp³-hybridized carbons (Fsp3) is 0.172. The smallest absolute Gasteiger partial charge is 0.265 e. The first-order valence-electron chi connectivity index (χ1n) is 12.0. The van der Waals surface area contributed by atoms with Gasteiger partial charge in [0.2, 0.25) is 0 Å². The summed E-state index contributed by atoms with van der Waals surface area (Å²) in [5.41, 5.74) is 5.72. The quantitative estimate of drug-likeness (QED) is 0.251. The van der Waals surface area contributed by atoms with Gasteiger partial charge in [-0.15, -0.1) is 10.2 Å². The lowest BCUT2D eigenvalue weighted by Crippen LogP contribution is -2.22. The molecule has 178 valence electrons. The molecule has 6 rings (SSSR count). The van der Waals surface area contributed by atoms with Crippen LogP contribution in [0.4, 0.5) is 0 Å². The van der Waals surface area contributed by atoms with Gasteiger partial charge >= 0.3 is 5.56 Å². The summed E-state index contributed by atoms with van der Waals surface area (Å²) in [7, 11) is 0. The number of hydrogen-bond donors (Lipinski definition) is 0. The van der Waals surface area contributed by atoms with Gasteiger partial charge in [-0.25, -0.2) is 0 Å². The van der Waals surface area contributed by atoms with Crippen LogP contribution in [0.15, 0.2) is 83.8 Å². The molecule has 1 aliphatic rings. The minimum Gasteiger partial charge on any atom is -0.265 e. The second kappa shape index (κ2) is 9.49. The third kappa shape index (κ3) is 4.19. The van der Waals surface area contributed by atoms with Gasteiger partial charge in [0, 0.05) is 26.7 Å². The Labute approximate surface area is 218 Å². The lowest BCUT2D eigenvalue weighted by molar-refractivity contribution is 0.723. The van der Waals surface area contributed by atoms with Gasteiger partial charge in [-0.3, -0.25) is 4.79 Å². The lowest BCUT2D eigenvalue weighted by atomic mass is 9.96. The molecule has 0 bridgehead atoms. The van der Waals surface area contributed by atoms with Gasteiger partial charge in [0.1, 0.15) is 0 Å². The van der Waals surface area contributed by atoms with Gasteiger partial charge in [0.15, 0.2) is 11.3 Å². The Balaban J connectivity index is 1.51. The molecule has 0 atom stereocenters. The van der Waals surface area contributed by atoms with Crippen LogP contribution in [0.3, 0.4) is 0 Å². The summed E-state index contributed by atoms with van der Waals surface area (Å²) in [5, 5.41) is 14.7. The van der Waals surface area contributed by atoms with E-state index in [1.54, 1.807) is 6.20 Å². The average molecular weight is 513 g/mol. The van der Waals surface area contributed by atoms with Crippen LogP contribution in [0, 0.1) is 0 Å². The number of benzene rings is 3. The molecule has 1 saturated carbocycles. The SMILES string of the molecule is O=c1c(-c2ccc(C3CCCC3)cc2)nnc2c(-c3ccc(Cl)cc3)c(-c3ccc(Cl)cc3)cnn12. The second-order valence-corrected chi connectivity index (χ2v) is 10.0. The number of fused-ring (bicyclic) bond motifs is 1. The molecule has 0 saturated heterocycles. The first kappa shape index (κ1) is 22.9. The first-order chi connectivity index (χ1) is 17.6. The van der Waals surface area contributed by atoms with E-state index in [-0.39, 0.29) is 11.3 Å². The Hall–Kier alpha value is -3.54. The topological polar surface area (TPSA) is 60.2 Å². The van der Waals surface area contributed by atoms with E-state index in [1.165, 1.54) is 35.8 Å². The number of rotatable bonds is 4. The number of hydrogen-bond acceptors (Lipinski definition) is 4. The summed E-state index contributed by atoms with van der Waals surface area (Å²) in [6, 6.07) is 23.1. The summed E-state index contributed by atoms with van der Waals surface area (Å²) in [6.07, 6.45) is 6.71. The predicted octanol–water partition coefficient (Wildman–Crippen LogP) is 7.45. The molecule has 0 aliphatic heterocycles. The maximum Gasteiger partial charge on any atom is 0.301 e. The molecule has 3 aromatic carbocycles. The van der Waals surface area contributed by atoms with E-state index >= 15 is 0 Å². The highest BCUT2D eigenvalue weighted by Crippen LogP contribution is 2.36. The molecule has 1 fully saturated rings. The van der Waals surface area contributed by atoms with E-state index in [0.29, 0.717) is 21.6 Å². The van der Waals surface area contributed by atoms with Gasteiger partial charge in [0.25, 0.3) is 0 Å². The fourth-order valence-electron chi connectivity index (χ4n) is 5.05. The van der Waals surface area contributed by atoms with E-state index in [0.717, 1.165) is 27.8 Å². The Morgan fingerprint density at radius 3 is 1.94 bits per heavy atom. The Kier molecular flexibility index (Phi) is 6.04. The van der Waals surface area contributed by atoms with Crippen molar-refractivity contribution in [2.45, 2.75) is 31.6 Å². The molecule has 2 aromatic heterocycles. The monoisotopic (exact) mass is 512 g/mol. The highest BCUT2D eigenvalue weighted by Gasteiger charge is 2.20. The van der Waals surface area contributed by atoms with Crippen LogP contribution >= 0.6 is 23.2 Å². The minimum atomic E-state index is -0.313. The number of nitrogens with zero attached hydrogens (tertiary/aromatic N) is 4. The van der Waals surface area contributed by atoms with Crippen molar-refractivity contribution < 1.29 is 0 Å². The summed E-state index contributed by atoms with van der Waals surface area (Å²) in [5.74, 6) is 0.609. The van der Waals surface area contributed by atoms with Crippen LogP contribution in [0.2, 0.25) is 10.0 Å². The molecular formula is C29H22Cl2N4O. The second-order valence-electron chi connectivity index (χ2n) is 9.14. The highest BCUT2D eigenvalue weighted by molar-refractivity contribution is 6.31. The normalized spacial score (nSPS) is 13.9. The third-order valence-corrected chi connectivity index (χ3v) is 7.44.